The molecular weight excluding hydrogens is 294 g/mol. The van der Waals surface area contributed by atoms with Crippen molar-refractivity contribution >= 4 is 23.2 Å². The molecule has 7 nitrogen and oxygen atoms in total. The summed E-state index contributed by atoms with van der Waals surface area (Å²) in [5.41, 5.74) is 2.68. The lowest BCUT2D eigenvalue weighted by atomic mass is 10.1. The zero-order valence-electron chi connectivity index (χ0n) is 10.9. The van der Waals surface area contributed by atoms with Crippen LogP contribution in [0.15, 0.2) is 41.3 Å². The maximum Gasteiger partial charge on any atom is 0.260 e. The molecule has 0 saturated carbocycles. The smallest absolute Gasteiger partial charge is 0.260 e. The quantitative estimate of drug-likeness (QED) is 0.803. The Labute approximate surface area is 124 Å². The second-order valence-electron chi connectivity index (χ2n) is 4.32. The predicted octanol–water partition coefficient (Wildman–Crippen LogP) is 2.47. The summed E-state index contributed by atoms with van der Waals surface area (Å²) in [5.74, 6) is -0.330. The molecule has 0 aliphatic carbocycles. The van der Waals surface area contributed by atoms with E-state index in [2.05, 4.69) is 20.8 Å². The molecule has 0 fully saturated rings. The number of carbonyl (C=O) groups excluding carboxylic acids is 1. The number of furan rings is 1. The van der Waals surface area contributed by atoms with E-state index < -0.39 is 0 Å². The van der Waals surface area contributed by atoms with Crippen molar-refractivity contribution in [1.29, 1.82) is 0 Å². The zero-order chi connectivity index (χ0) is 14.8. The van der Waals surface area contributed by atoms with Crippen molar-refractivity contribution in [2.24, 2.45) is 0 Å². The molecule has 0 spiro atoms. The first kappa shape index (κ1) is 13.3. The van der Waals surface area contributed by atoms with Crippen molar-refractivity contribution in [2.45, 2.75) is 6.92 Å². The lowest BCUT2D eigenvalue weighted by Gasteiger charge is -2.08. The fraction of sp³-hybridized carbons (Fsp3) is 0.0769. The second-order valence-corrected chi connectivity index (χ2v) is 4.66. The summed E-state index contributed by atoms with van der Waals surface area (Å²) in [6.45, 7) is 1.90. The maximum atomic E-state index is 12.0. The minimum absolute atomic E-state index is 0.0644. The Morgan fingerprint density at radius 1 is 1.38 bits per heavy atom. The normalized spacial score (nSPS) is 10.6. The van der Waals surface area contributed by atoms with Gasteiger partial charge in [0.2, 0.25) is 5.22 Å². The van der Waals surface area contributed by atoms with E-state index in [9.17, 15) is 4.79 Å². The number of hydrogen-bond acceptors (Lipinski definition) is 5. The van der Waals surface area contributed by atoms with Crippen LogP contribution >= 0.6 is 11.6 Å². The lowest BCUT2D eigenvalue weighted by molar-refractivity contribution is 0.102. The highest BCUT2D eigenvalue weighted by Gasteiger charge is 2.13. The van der Waals surface area contributed by atoms with Crippen molar-refractivity contribution in [1.82, 2.24) is 20.2 Å². The Morgan fingerprint density at radius 3 is 2.86 bits per heavy atom. The molecule has 1 amide bonds. The van der Waals surface area contributed by atoms with Gasteiger partial charge in [-0.1, -0.05) is 0 Å². The van der Waals surface area contributed by atoms with E-state index in [0.29, 0.717) is 11.3 Å². The third-order valence-electron chi connectivity index (χ3n) is 2.91. The molecule has 1 aromatic carbocycles. The van der Waals surface area contributed by atoms with Gasteiger partial charge in [-0.25, -0.2) is 4.68 Å². The zero-order valence-corrected chi connectivity index (χ0v) is 11.7. The molecular formula is C13H10ClN5O2. The number of rotatable bonds is 3. The second kappa shape index (κ2) is 5.37. The predicted molar refractivity (Wildman–Crippen MR) is 75.6 cm³/mol. The van der Waals surface area contributed by atoms with Crippen LogP contribution in [0.2, 0.25) is 5.22 Å². The van der Waals surface area contributed by atoms with E-state index in [1.54, 1.807) is 10.7 Å². The summed E-state index contributed by atoms with van der Waals surface area (Å²) < 4.78 is 6.44. The number of nitrogens with zero attached hydrogens (tertiary/aromatic N) is 4. The Morgan fingerprint density at radius 2 is 2.24 bits per heavy atom. The highest BCUT2D eigenvalue weighted by molar-refractivity contribution is 6.32. The number of amides is 1. The Balaban J connectivity index is 1.83. The van der Waals surface area contributed by atoms with E-state index in [4.69, 9.17) is 16.0 Å². The SMILES string of the molecule is Cc1cc(NC(=O)c2ccoc2Cl)ccc1-n1cnnn1. The van der Waals surface area contributed by atoms with E-state index in [0.717, 1.165) is 11.3 Å². The summed E-state index contributed by atoms with van der Waals surface area (Å²) in [7, 11) is 0. The number of aromatic nitrogens is 4. The average molecular weight is 304 g/mol. The third-order valence-corrected chi connectivity index (χ3v) is 3.21. The van der Waals surface area contributed by atoms with Gasteiger partial charge in [0, 0.05) is 5.69 Å². The first-order valence-corrected chi connectivity index (χ1v) is 6.41. The number of hydrogen-bond donors (Lipinski definition) is 1. The Hall–Kier alpha value is -2.67. The lowest BCUT2D eigenvalue weighted by Crippen LogP contribution is -2.11. The maximum absolute atomic E-state index is 12.0. The summed E-state index contributed by atoms with van der Waals surface area (Å²) in [6, 6.07) is 6.91. The highest BCUT2D eigenvalue weighted by atomic mass is 35.5. The molecule has 0 aliphatic heterocycles. The topological polar surface area (TPSA) is 85.8 Å². The molecule has 2 aromatic heterocycles. The van der Waals surface area contributed by atoms with Crippen molar-refractivity contribution in [2.75, 3.05) is 5.32 Å². The molecule has 21 heavy (non-hydrogen) atoms. The molecule has 3 rings (SSSR count). The van der Waals surface area contributed by atoms with E-state index in [-0.39, 0.29) is 11.1 Å². The third kappa shape index (κ3) is 2.63. The van der Waals surface area contributed by atoms with E-state index >= 15 is 0 Å². The highest BCUT2D eigenvalue weighted by Crippen LogP contribution is 2.21. The number of tetrazole rings is 1. The molecule has 106 valence electrons. The summed E-state index contributed by atoms with van der Waals surface area (Å²) in [6.07, 6.45) is 2.87. The van der Waals surface area contributed by atoms with Gasteiger partial charge in [0.25, 0.3) is 5.91 Å². The van der Waals surface area contributed by atoms with Crippen molar-refractivity contribution in [3.8, 4) is 5.69 Å². The fourth-order valence-electron chi connectivity index (χ4n) is 1.92. The van der Waals surface area contributed by atoms with Gasteiger partial charge in [-0.2, -0.15) is 0 Å². The first-order valence-electron chi connectivity index (χ1n) is 6.03. The van der Waals surface area contributed by atoms with Crippen LogP contribution in [-0.4, -0.2) is 26.1 Å². The molecule has 2 heterocycles. The number of halogens is 1. The van der Waals surface area contributed by atoms with E-state index in [1.807, 2.05) is 19.1 Å². The summed E-state index contributed by atoms with van der Waals surface area (Å²) in [4.78, 5) is 12.0. The first-order chi connectivity index (χ1) is 10.1. The molecule has 0 unspecified atom stereocenters. The van der Waals surface area contributed by atoms with Crippen molar-refractivity contribution in [3.63, 3.8) is 0 Å². The van der Waals surface area contributed by atoms with Crippen LogP contribution in [0, 0.1) is 6.92 Å². The molecule has 0 aliphatic rings. The van der Waals surface area contributed by atoms with Gasteiger partial charge in [0.1, 0.15) is 6.33 Å². The minimum atomic E-state index is -0.330. The van der Waals surface area contributed by atoms with Crippen molar-refractivity contribution in [3.05, 3.63) is 53.2 Å². The molecule has 0 bridgehead atoms. The van der Waals surface area contributed by atoms with Gasteiger partial charge >= 0.3 is 0 Å². The fourth-order valence-corrected chi connectivity index (χ4v) is 2.12. The Bertz CT molecular complexity index is 782. The number of carbonyl (C=O) groups is 1. The van der Waals surface area contributed by atoms with Gasteiger partial charge < -0.3 is 9.73 Å². The van der Waals surface area contributed by atoms with Crippen LogP contribution in [-0.2, 0) is 0 Å². The molecule has 0 radical (unpaired) electrons. The Kier molecular flexibility index (Phi) is 3.41. The minimum Gasteiger partial charge on any atom is -0.452 e. The largest absolute Gasteiger partial charge is 0.452 e. The molecule has 8 heteroatoms. The van der Waals surface area contributed by atoms with Crippen LogP contribution in [0.25, 0.3) is 5.69 Å². The summed E-state index contributed by atoms with van der Waals surface area (Å²) >= 11 is 5.77. The van der Waals surface area contributed by atoms with Crippen LogP contribution in [0.1, 0.15) is 15.9 Å². The summed E-state index contributed by atoms with van der Waals surface area (Å²) in [5, 5.41) is 13.8. The van der Waals surface area contributed by atoms with Gasteiger partial charge in [-0.3, -0.25) is 4.79 Å². The van der Waals surface area contributed by atoms with Crippen molar-refractivity contribution < 1.29 is 9.21 Å². The number of anilines is 1. The van der Waals surface area contributed by atoms with Gasteiger partial charge in [-0.05, 0) is 58.8 Å². The van der Waals surface area contributed by atoms with Gasteiger partial charge in [0.15, 0.2) is 0 Å². The number of aryl methyl sites for hydroxylation is 1. The molecule has 0 atom stereocenters. The van der Waals surface area contributed by atoms with Crippen LogP contribution in [0.3, 0.4) is 0 Å². The van der Waals surface area contributed by atoms with Crippen LogP contribution in [0.4, 0.5) is 5.69 Å². The number of nitrogens with one attached hydrogen (secondary N) is 1. The molecule has 1 N–H and O–H groups in total. The average Bonchev–Trinajstić information content (AvgIpc) is 3.10. The van der Waals surface area contributed by atoms with Crippen LogP contribution in [0.5, 0.6) is 0 Å². The van der Waals surface area contributed by atoms with Gasteiger partial charge in [-0.15, -0.1) is 5.10 Å². The number of benzene rings is 1. The van der Waals surface area contributed by atoms with Crippen LogP contribution < -0.4 is 5.32 Å². The molecule has 0 saturated heterocycles. The molecule has 3 aromatic rings. The monoisotopic (exact) mass is 303 g/mol. The van der Waals surface area contributed by atoms with E-state index in [1.165, 1.54) is 18.7 Å². The van der Waals surface area contributed by atoms with Gasteiger partial charge in [0.05, 0.1) is 17.5 Å². The standard InChI is InChI=1S/C13H10ClN5O2/c1-8-6-9(2-3-11(8)19-7-15-17-18-19)16-13(20)10-4-5-21-12(10)14/h2-7H,1H3,(H,16,20).